The monoisotopic (exact) mass is 453 g/mol. The minimum Gasteiger partial charge on any atom is -0.505 e. The molecule has 0 unspecified atom stereocenters. The Labute approximate surface area is 180 Å². The normalized spacial score (nSPS) is 11.6. The summed E-state index contributed by atoms with van der Waals surface area (Å²) in [5, 5.41) is 9.70. The summed E-state index contributed by atoms with van der Waals surface area (Å²) in [6.07, 6.45) is -4.62. The number of aromatic hydroxyl groups is 1. The predicted molar refractivity (Wildman–Crippen MR) is 106 cm³/mol. The molecule has 0 aliphatic rings. The van der Waals surface area contributed by atoms with Crippen molar-refractivity contribution >= 4 is 22.8 Å². The lowest BCUT2D eigenvalue weighted by Crippen LogP contribution is -2.17. The van der Waals surface area contributed by atoms with Crippen LogP contribution in [0, 0.1) is 12.7 Å². The molecular formula is C22H19F4NO5. The highest BCUT2D eigenvalue weighted by atomic mass is 19.4. The molecule has 0 bridgehead atoms. The van der Waals surface area contributed by atoms with Crippen molar-refractivity contribution in [2.45, 2.75) is 33.1 Å². The highest BCUT2D eigenvalue weighted by molar-refractivity contribution is 6.05. The summed E-state index contributed by atoms with van der Waals surface area (Å²) >= 11 is 0. The van der Waals surface area contributed by atoms with Crippen molar-refractivity contribution in [3.05, 3.63) is 59.0 Å². The van der Waals surface area contributed by atoms with Crippen molar-refractivity contribution < 1.29 is 41.7 Å². The lowest BCUT2D eigenvalue weighted by Gasteiger charge is -2.10. The van der Waals surface area contributed by atoms with Crippen LogP contribution in [-0.4, -0.2) is 34.5 Å². The molecule has 1 aromatic heterocycles. The number of hydrogen-bond acceptors (Lipinski definition) is 5. The van der Waals surface area contributed by atoms with Crippen molar-refractivity contribution in [3.63, 3.8) is 0 Å². The average molecular weight is 453 g/mol. The van der Waals surface area contributed by atoms with E-state index in [0.717, 1.165) is 34.9 Å². The van der Waals surface area contributed by atoms with Crippen LogP contribution in [0.15, 0.2) is 36.4 Å². The standard InChI is InChI=1S/C22H19F4NO5/c1-3-10-31-18(29)11-15-12(2)27(16-8-9-17(28)20(23)19(15)16)21(30)13-4-6-14(7-5-13)32-22(24,25)26/h4-9,28H,3,10-11H2,1-2H3. The van der Waals surface area contributed by atoms with Crippen molar-refractivity contribution in [1.82, 2.24) is 4.57 Å². The quantitative estimate of drug-likeness (QED) is 0.425. The van der Waals surface area contributed by atoms with Gasteiger partial charge in [-0.15, -0.1) is 13.2 Å². The molecule has 1 heterocycles. The first-order valence-electron chi connectivity index (χ1n) is 9.61. The second-order valence-electron chi connectivity index (χ2n) is 6.97. The number of nitrogens with zero attached hydrogens (tertiary/aromatic N) is 1. The third-order valence-corrected chi connectivity index (χ3v) is 4.74. The van der Waals surface area contributed by atoms with Gasteiger partial charge in [0, 0.05) is 16.6 Å². The van der Waals surface area contributed by atoms with E-state index in [1.807, 2.05) is 6.92 Å². The Morgan fingerprint density at radius 2 is 1.75 bits per heavy atom. The molecule has 0 saturated heterocycles. The minimum atomic E-state index is -4.88. The number of alkyl halides is 3. The first-order chi connectivity index (χ1) is 15.0. The van der Waals surface area contributed by atoms with Crippen LogP contribution in [0.1, 0.15) is 35.0 Å². The molecule has 6 nitrogen and oxygen atoms in total. The van der Waals surface area contributed by atoms with E-state index in [1.165, 1.54) is 13.0 Å². The third kappa shape index (κ3) is 4.68. The lowest BCUT2D eigenvalue weighted by atomic mass is 10.1. The molecule has 0 aliphatic carbocycles. The SMILES string of the molecule is CCCOC(=O)Cc1c(C)n(C(=O)c2ccc(OC(F)(F)F)cc2)c2ccc(O)c(F)c12. The van der Waals surface area contributed by atoms with Gasteiger partial charge in [0.05, 0.1) is 18.5 Å². The van der Waals surface area contributed by atoms with E-state index < -0.39 is 35.6 Å². The van der Waals surface area contributed by atoms with E-state index in [0.29, 0.717) is 6.42 Å². The number of fused-ring (bicyclic) bond motifs is 1. The van der Waals surface area contributed by atoms with Crippen molar-refractivity contribution in [3.8, 4) is 11.5 Å². The van der Waals surface area contributed by atoms with Gasteiger partial charge in [-0.05, 0) is 55.3 Å². The summed E-state index contributed by atoms with van der Waals surface area (Å²) in [4.78, 5) is 25.3. The molecule has 0 atom stereocenters. The number of rotatable bonds is 6. The van der Waals surface area contributed by atoms with E-state index in [1.54, 1.807) is 0 Å². The zero-order chi connectivity index (χ0) is 23.6. The zero-order valence-corrected chi connectivity index (χ0v) is 17.1. The van der Waals surface area contributed by atoms with Gasteiger partial charge < -0.3 is 14.6 Å². The molecule has 2 aromatic carbocycles. The Bertz CT molecular complexity index is 1170. The Morgan fingerprint density at radius 1 is 1.09 bits per heavy atom. The Hall–Kier alpha value is -3.56. The number of carbonyl (C=O) groups excluding carboxylic acids is 2. The van der Waals surface area contributed by atoms with E-state index in [4.69, 9.17) is 4.74 Å². The zero-order valence-electron chi connectivity index (χ0n) is 17.1. The minimum absolute atomic E-state index is 0.00752. The largest absolute Gasteiger partial charge is 0.573 e. The van der Waals surface area contributed by atoms with Gasteiger partial charge in [-0.25, -0.2) is 4.39 Å². The van der Waals surface area contributed by atoms with E-state index in [9.17, 15) is 32.3 Å². The fraction of sp³-hybridized carbons (Fsp3) is 0.273. The Balaban J connectivity index is 2.06. The first-order valence-corrected chi connectivity index (χ1v) is 9.61. The number of aromatic nitrogens is 1. The van der Waals surface area contributed by atoms with Crippen LogP contribution in [0.3, 0.4) is 0 Å². The molecule has 3 aromatic rings. The van der Waals surface area contributed by atoms with Gasteiger partial charge in [0.25, 0.3) is 5.91 Å². The van der Waals surface area contributed by atoms with Crippen molar-refractivity contribution in [2.24, 2.45) is 0 Å². The summed E-state index contributed by atoms with van der Waals surface area (Å²) in [5.74, 6) is -3.44. The topological polar surface area (TPSA) is 77.8 Å². The maximum absolute atomic E-state index is 14.8. The summed E-state index contributed by atoms with van der Waals surface area (Å²) in [7, 11) is 0. The maximum atomic E-state index is 14.8. The van der Waals surface area contributed by atoms with Gasteiger partial charge in [0.2, 0.25) is 0 Å². The molecule has 32 heavy (non-hydrogen) atoms. The van der Waals surface area contributed by atoms with Gasteiger partial charge in [-0.3, -0.25) is 14.2 Å². The van der Waals surface area contributed by atoms with Gasteiger partial charge in [-0.2, -0.15) is 0 Å². The number of phenolic OH excluding ortho intramolecular Hbond substituents is 1. The molecule has 1 N–H and O–H groups in total. The number of ether oxygens (including phenoxy) is 2. The first kappa shape index (κ1) is 23.1. The van der Waals surface area contributed by atoms with Crippen molar-refractivity contribution in [1.29, 1.82) is 0 Å². The predicted octanol–water partition coefficient (Wildman–Crippen LogP) is 4.88. The van der Waals surface area contributed by atoms with Gasteiger partial charge in [-0.1, -0.05) is 6.92 Å². The summed E-state index contributed by atoms with van der Waals surface area (Å²) < 4.78 is 61.9. The highest BCUT2D eigenvalue weighted by Gasteiger charge is 2.31. The molecule has 3 rings (SSSR count). The third-order valence-electron chi connectivity index (χ3n) is 4.74. The molecule has 0 fully saturated rings. The molecule has 0 amide bonds. The Morgan fingerprint density at radius 3 is 2.34 bits per heavy atom. The molecule has 0 radical (unpaired) electrons. The van der Waals surface area contributed by atoms with Crippen LogP contribution in [-0.2, 0) is 16.0 Å². The number of benzene rings is 2. The highest BCUT2D eigenvalue weighted by Crippen LogP contribution is 2.34. The number of halogens is 4. The smallest absolute Gasteiger partial charge is 0.505 e. The van der Waals surface area contributed by atoms with Crippen LogP contribution in [0.4, 0.5) is 17.6 Å². The lowest BCUT2D eigenvalue weighted by molar-refractivity contribution is -0.274. The van der Waals surface area contributed by atoms with Crippen LogP contribution in [0.25, 0.3) is 10.9 Å². The van der Waals surface area contributed by atoms with Crippen molar-refractivity contribution in [2.75, 3.05) is 6.61 Å². The number of carbonyl (C=O) groups is 2. The molecule has 0 spiro atoms. The van der Waals surface area contributed by atoms with E-state index >= 15 is 0 Å². The fourth-order valence-corrected chi connectivity index (χ4v) is 3.34. The van der Waals surface area contributed by atoms with Gasteiger partial charge in [0.15, 0.2) is 11.6 Å². The van der Waals surface area contributed by atoms with Crippen LogP contribution in [0.5, 0.6) is 11.5 Å². The molecule has 10 heteroatoms. The van der Waals surface area contributed by atoms with E-state index in [2.05, 4.69) is 4.74 Å². The number of esters is 1. The molecule has 170 valence electrons. The number of phenols is 1. The van der Waals surface area contributed by atoms with Crippen LogP contribution in [0.2, 0.25) is 0 Å². The summed E-state index contributed by atoms with van der Waals surface area (Å²) in [5.41, 5.74) is 0.503. The van der Waals surface area contributed by atoms with E-state index in [-0.39, 0.29) is 40.8 Å². The molecule has 0 aliphatic heterocycles. The fourth-order valence-electron chi connectivity index (χ4n) is 3.34. The molecular weight excluding hydrogens is 434 g/mol. The second-order valence-corrected chi connectivity index (χ2v) is 6.97. The van der Waals surface area contributed by atoms with Gasteiger partial charge in [0.1, 0.15) is 5.75 Å². The second kappa shape index (κ2) is 8.89. The van der Waals surface area contributed by atoms with Crippen LogP contribution >= 0.6 is 0 Å². The maximum Gasteiger partial charge on any atom is 0.573 e. The summed E-state index contributed by atoms with van der Waals surface area (Å²) in [6, 6.07) is 6.64. The Kier molecular flexibility index (Phi) is 6.42. The van der Waals surface area contributed by atoms with Crippen LogP contribution < -0.4 is 4.74 Å². The molecule has 0 saturated carbocycles. The summed E-state index contributed by atoms with van der Waals surface area (Å²) in [6.45, 7) is 3.49. The average Bonchev–Trinajstić information content (AvgIpc) is 3.00. The van der Waals surface area contributed by atoms with Gasteiger partial charge >= 0.3 is 12.3 Å². The number of hydrogen-bond donors (Lipinski definition) is 1.